The van der Waals surface area contributed by atoms with Crippen molar-refractivity contribution in [2.24, 2.45) is 0 Å². The van der Waals surface area contributed by atoms with E-state index in [2.05, 4.69) is 4.90 Å². The van der Waals surface area contributed by atoms with Crippen molar-refractivity contribution in [2.45, 2.75) is 38.5 Å². The first kappa shape index (κ1) is 19.2. The SMILES string of the molecule is CN(C)/C=C/C(=O)c1ccc(N2CC3C2CN3C(=O)OC(C)(C)C)cc1F. The summed E-state index contributed by atoms with van der Waals surface area (Å²) in [7, 11) is 3.59. The van der Waals surface area contributed by atoms with E-state index < -0.39 is 11.4 Å². The molecule has 7 heteroatoms. The first-order chi connectivity index (χ1) is 12.6. The van der Waals surface area contributed by atoms with E-state index in [0.29, 0.717) is 13.1 Å². The molecule has 0 aliphatic carbocycles. The molecule has 0 aromatic heterocycles. The van der Waals surface area contributed by atoms with Gasteiger partial charge in [0.15, 0.2) is 5.78 Å². The van der Waals surface area contributed by atoms with Gasteiger partial charge in [0, 0.05) is 45.1 Å². The third kappa shape index (κ3) is 3.91. The number of rotatable bonds is 4. The molecule has 6 nitrogen and oxygen atoms in total. The Morgan fingerprint density at radius 2 is 1.93 bits per heavy atom. The maximum absolute atomic E-state index is 14.4. The molecular weight excluding hydrogens is 349 g/mol. The van der Waals surface area contributed by atoms with Gasteiger partial charge >= 0.3 is 6.09 Å². The van der Waals surface area contributed by atoms with Crippen LogP contribution in [-0.4, -0.2) is 66.5 Å². The van der Waals surface area contributed by atoms with Crippen molar-refractivity contribution in [3.63, 3.8) is 0 Å². The predicted molar refractivity (Wildman–Crippen MR) is 101 cm³/mol. The molecule has 146 valence electrons. The largest absolute Gasteiger partial charge is 0.444 e. The van der Waals surface area contributed by atoms with E-state index in [1.165, 1.54) is 18.2 Å². The summed E-state index contributed by atoms with van der Waals surface area (Å²) in [4.78, 5) is 29.7. The van der Waals surface area contributed by atoms with Gasteiger partial charge in [0.25, 0.3) is 0 Å². The summed E-state index contributed by atoms with van der Waals surface area (Å²) in [6.07, 6.45) is 2.64. The lowest BCUT2D eigenvalue weighted by Gasteiger charge is -2.62. The van der Waals surface area contributed by atoms with Gasteiger partial charge in [-0.1, -0.05) is 0 Å². The van der Waals surface area contributed by atoms with Crippen LogP contribution in [-0.2, 0) is 4.74 Å². The quantitative estimate of drug-likeness (QED) is 0.598. The molecule has 1 amide bonds. The minimum Gasteiger partial charge on any atom is -0.444 e. The lowest BCUT2D eigenvalue weighted by molar-refractivity contribution is -0.0310. The summed E-state index contributed by atoms with van der Waals surface area (Å²) < 4.78 is 19.8. The molecule has 2 atom stereocenters. The van der Waals surface area contributed by atoms with Gasteiger partial charge in [-0.25, -0.2) is 9.18 Å². The molecule has 2 saturated heterocycles. The molecule has 27 heavy (non-hydrogen) atoms. The monoisotopic (exact) mass is 375 g/mol. The number of likely N-dealkylation sites (tertiary alicyclic amines) is 1. The highest BCUT2D eigenvalue weighted by atomic mass is 19.1. The Hall–Kier alpha value is -2.57. The molecule has 2 unspecified atom stereocenters. The topological polar surface area (TPSA) is 53.1 Å². The van der Waals surface area contributed by atoms with E-state index in [1.54, 1.807) is 36.2 Å². The molecule has 0 spiro atoms. The normalized spacial score (nSPS) is 21.4. The number of carbonyl (C=O) groups excluding carboxylic acids is 2. The first-order valence-corrected chi connectivity index (χ1v) is 9.01. The minimum absolute atomic E-state index is 0.0536. The van der Waals surface area contributed by atoms with E-state index in [0.717, 1.165) is 5.69 Å². The van der Waals surface area contributed by atoms with Crippen molar-refractivity contribution in [3.8, 4) is 0 Å². The molecule has 0 N–H and O–H groups in total. The fourth-order valence-corrected chi connectivity index (χ4v) is 3.27. The zero-order valence-corrected chi connectivity index (χ0v) is 16.4. The van der Waals surface area contributed by atoms with Gasteiger partial charge in [-0.05, 0) is 39.0 Å². The molecule has 2 aliphatic rings. The smallest absolute Gasteiger partial charge is 0.410 e. The van der Waals surface area contributed by atoms with Gasteiger partial charge in [0.2, 0.25) is 0 Å². The standard InChI is InChI=1S/C20H26FN3O3/c1-20(2,3)27-19(26)24-12-16-17(24)11-23(16)13-6-7-14(15(21)10-13)18(25)8-9-22(4)5/h6-10,16-17H,11-12H2,1-5H3/b9-8+. The number of amides is 1. The van der Waals surface area contributed by atoms with E-state index in [4.69, 9.17) is 4.74 Å². The molecule has 2 aliphatic heterocycles. The molecule has 1 aromatic rings. The second kappa shape index (κ2) is 6.87. The number of ether oxygens (including phenoxy) is 1. The summed E-state index contributed by atoms with van der Waals surface area (Å²) >= 11 is 0. The minimum atomic E-state index is -0.535. The fourth-order valence-electron chi connectivity index (χ4n) is 3.27. The number of hydrogen-bond donors (Lipinski definition) is 0. The maximum Gasteiger partial charge on any atom is 0.410 e. The Kier molecular flexibility index (Phi) is 4.88. The Labute approximate surface area is 159 Å². The lowest BCUT2D eigenvalue weighted by Crippen LogP contribution is -2.80. The summed E-state index contributed by atoms with van der Waals surface area (Å²) in [5.74, 6) is -0.901. The van der Waals surface area contributed by atoms with Crippen LogP contribution in [0.1, 0.15) is 31.1 Å². The van der Waals surface area contributed by atoms with Crippen molar-refractivity contribution < 1.29 is 18.7 Å². The summed E-state index contributed by atoms with van der Waals surface area (Å²) in [5.41, 5.74) is 0.265. The molecule has 0 bridgehead atoms. The predicted octanol–water partition coefficient (Wildman–Crippen LogP) is 2.89. The molecule has 2 heterocycles. The summed E-state index contributed by atoms with van der Waals surface area (Å²) in [5, 5.41) is 0. The van der Waals surface area contributed by atoms with E-state index in [-0.39, 0.29) is 29.5 Å². The van der Waals surface area contributed by atoms with Gasteiger partial charge in [-0.2, -0.15) is 0 Å². The van der Waals surface area contributed by atoms with Gasteiger partial charge in [0.1, 0.15) is 11.4 Å². The van der Waals surface area contributed by atoms with Crippen LogP contribution in [0.2, 0.25) is 0 Å². The number of carbonyl (C=O) groups is 2. The molecule has 2 fully saturated rings. The van der Waals surface area contributed by atoms with Crippen LogP contribution in [0, 0.1) is 5.82 Å². The average molecular weight is 375 g/mol. The van der Waals surface area contributed by atoms with Crippen LogP contribution in [0.15, 0.2) is 30.5 Å². The van der Waals surface area contributed by atoms with Crippen molar-refractivity contribution in [1.29, 1.82) is 0 Å². The first-order valence-electron chi connectivity index (χ1n) is 9.01. The number of halogens is 1. The zero-order valence-electron chi connectivity index (χ0n) is 16.4. The number of fused-ring (bicyclic) bond motifs is 1. The van der Waals surface area contributed by atoms with Crippen LogP contribution in [0.5, 0.6) is 0 Å². The third-order valence-electron chi connectivity index (χ3n) is 4.71. The molecule has 1 aromatic carbocycles. The summed E-state index contributed by atoms with van der Waals surface area (Å²) in [6.45, 7) is 6.72. The number of ketones is 1. The summed E-state index contributed by atoms with van der Waals surface area (Å²) in [6, 6.07) is 4.94. The average Bonchev–Trinajstić information content (AvgIpc) is 2.52. The highest BCUT2D eigenvalue weighted by molar-refractivity contribution is 6.04. The highest BCUT2D eigenvalue weighted by Crippen LogP contribution is 2.38. The Balaban J connectivity index is 1.62. The van der Waals surface area contributed by atoms with Gasteiger partial charge in [-0.15, -0.1) is 0 Å². The van der Waals surface area contributed by atoms with Crippen LogP contribution >= 0.6 is 0 Å². The number of nitrogens with zero attached hydrogens (tertiary/aromatic N) is 3. The lowest BCUT2D eigenvalue weighted by atomic mass is 9.85. The highest BCUT2D eigenvalue weighted by Gasteiger charge is 2.54. The van der Waals surface area contributed by atoms with Crippen molar-refractivity contribution in [3.05, 3.63) is 41.9 Å². The Morgan fingerprint density at radius 1 is 1.22 bits per heavy atom. The number of hydrogen-bond acceptors (Lipinski definition) is 5. The second-order valence-electron chi connectivity index (χ2n) is 8.23. The maximum atomic E-state index is 14.4. The van der Waals surface area contributed by atoms with E-state index in [1.807, 2.05) is 20.8 Å². The Bertz CT molecular complexity index is 785. The molecule has 0 radical (unpaired) electrons. The van der Waals surface area contributed by atoms with Gasteiger partial charge in [0.05, 0.1) is 17.6 Å². The van der Waals surface area contributed by atoms with E-state index >= 15 is 0 Å². The van der Waals surface area contributed by atoms with Crippen LogP contribution in [0.25, 0.3) is 0 Å². The number of anilines is 1. The fraction of sp³-hybridized carbons (Fsp3) is 0.500. The van der Waals surface area contributed by atoms with Crippen LogP contribution in [0.4, 0.5) is 14.9 Å². The van der Waals surface area contributed by atoms with Crippen LogP contribution < -0.4 is 4.90 Å². The molecule has 3 rings (SSSR count). The van der Waals surface area contributed by atoms with Crippen LogP contribution in [0.3, 0.4) is 0 Å². The van der Waals surface area contributed by atoms with Crippen molar-refractivity contribution in [2.75, 3.05) is 32.1 Å². The van der Waals surface area contributed by atoms with E-state index in [9.17, 15) is 14.0 Å². The third-order valence-corrected chi connectivity index (χ3v) is 4.71. The molecular formula is C20H26FN3O3. The zero-order chi connectivity index (χ0) is 19.9. The molecule has 0 saturated carbocycles. The van der Waals surface area contributed by atoms with Crippen molar-refractivity contribution >= 4 is 17.6 Å². The Morgan fingerprint density at radius 3 is 2.44 bits per heavy atom. The number of benzene rings is 1. The number of allylic oxidation sites excluding steroid dienone is 1. The van der Waals surface area contributed by atoms with Gasteiger partial charge < -0.3 is 14.5 Å². The number of piperazine rings is 1. The van der Waals surface area contributed by atoms with Gasteiger partial charge in [-0.3, -0.25) is 9.69 Å². The second-order valence-corrected chi connectivity index (χ2v) is 8.23. The van der Waals surface area contributed by atoms with Crippen molar-refractivity contribution in [1.82, 2.24) is 9.80 Å².